The summed E-state index contributed by atoms with van der Waals surface area (Å²) >= 11 is 0. The van der Waals surface area contributed by atoms with Crippen LogP contribution in [0, 0.1) is 0 Å². The molecule has 1 aromatic heterocycles. The van der Waals surface area contributed by atoms with Crippen LogP contribution in [0.2, 0.25) is 0 Å². The lowest BCUT2D eigenvalue weighted by atomic mass is 10.3. The second-order valence-corrected chi connectivity index (χ2v) is 3.39. The van der Waals surface area contributed by atoms with E-state index in [9.17, 15) is 4.79 Å². The Morgan fingerprint density at radius 2 is 2.50 bits per heavy atom. The molecule has 1 rings (SSSR count). The van der Waals surface area contributed by atoms with E-state index in [0.717, 1.165) is 5.69 Å². The van der Waals surface area contributed by atoms with Gasteiger partial charge in [-0.1, -0.05) is 5.16 Å². The summed E-state index contributed by atoms with van der Waals surface area (Å²) in [6.45, 7) is 1.64. The zero-order valence-corrected chi connectivity index (χ0v) is 9.23. The normalized spacial score (nSPS) is 10.6. The van der Waals surface area contributed by atoms with Crippen LogP contribution in [-0.2, 0) is 22.7 Å². The van der Waals surface area contributed by atoms with E-state index in [1.54, 1.807) is 7.11 Å². The van der Waals surface area contributed by atoms with Crippen molar-refractivity contribution in [1.29, 1.82) is 0 Å². The van der Waals surface area contributed by atoms with Crippen molar-refractivity contribution < 1.29 is 19.2 Å². The molecule has 0 radical (unpaired) electrons. The molecule has 6 nitrogen and oxygen atoms in total. The number of hydrogen-bond donors (Lipinski definition) is 2. The number of rotatable bonds is 8. The monoisotopic (exact) mass is 228 g/mol. The summed E-state index contributed by atoms with van der Waals surface area (Å²) in [5.41, 5.74) is 0.794. The zero-order chi connectivity index (χ0) is 11.8. The average Bonchev–Trinajstić information content (AvgIpc) is 2.65. The minimum absolute atomic E-state index is 0.181. The summed E-state index contributed by atoms with van der Waals surface area (Å²) < 4.78 is 9.88. The number of carboxylic acids is 1. The Hall–Kier alpha value is -1.40. The fourth-order valence-corrected chi connectivity index (χ4v) is 1.23. The van der Waals surface area contributed by atoms with Gasteiger partial charge in [-0.05, 0) is 13.0 Å². The lowest BCUT2D eigenvalue weighted by Gasteiger charge is -1.99. The first kappa shape index (κ1) is 12.7. The number of hydrogen-bond acceptors (Lipinski definition) is 5. The molecule has 1 heterocycles. The van der Waals surface area contributed by atoms with Gasteiger partial charge in [0.25, 0.3) is 0 Å². The topological polar surface area (TPSA) is 84.6 Å². The third-order valence-corrected chi connectivity index (χ3v) is 1.94. The summed E-state index contributed by atoms with van der Waals surface area (Å²) in [6, 6.07) is 1.81. The van der Waals surface area contributed by atoms with Crippen LogP contribution in [0.1, 0.15) is 24.3 Å². The molecule has 0 spiro atoms. The minimum Gasteiger partial charge on any atom is -0.481 e. The van der Waals surface area contributed by atoms with Crippen molar-refractivity contribution in [3.8, 4) is 0 Å². The highest BCUT2D eigenvalue weighted by molar-refractivity contribution is 5.66. The smallest absolute Gasteiger partial charge is 0.303 e. The molecule has 0 bridgehead atoms. The molecule has 0 unspecified atom stereocenters. The molecule has 0 atom stereocenters. The summed E-state index contributed by atoms with van der Waals surface area (Å²) in [5, 5.41) is 15.3. The van der Waals surface area contributed by atoms with E-state index >= 15 is 0 Å². The van der Waals surface area contributed by atoms with Crippen molar-refractivity contribution in [1.82, 2.24) is 10.5 Å². The average molecular weight is 228 g/mol. The molecule has 0 aromatic carbocycles. The highest BCUT2D eigenvalue weighted by atomic mass is 16.5. The van der Waals surface area contributed by atoms with Gasteiger partial charge in [0.15, 0.2) is 5.76 Å². The van der Waals surface area contributed by atoms with E-state index in [-0.39, 0.29) is 6.42 Å². The van der Waals surface area contributed by atoms with E-state index in [1.807, 2.05) is 6.07 Å². The van der Waals surface area contributed by atoms with Gasteiger partial charge in [-0.2, -0.15) is 0 Å². The van der Waals surface area contributed by atoms with E-state index in [1.165, 1.54) is 0 Å². The molecule has 0 fully saturated rings. The predicted molar refractivity (Wildman–Crippen MR) is 55.8 cm³/mol. The standard InChI is InChI=1S/C10H16N2O4/c1-15-7-9-5-8(12-16-9)6-11-4-2-3-10(13)14/h5,11H,2-4,6-7H2,1H3,(H,13,14). The number of nitrogens with zero attached hydrogens (tertiary/aromatic N) is 1. The van der Waals surface area contributed by atoms with Crippen molar-refractivity contribution >= 4 is 5.97 Å². The van der Waals surface area contributed by atoms with Gasteiger partial charge in [0, 0.05) is 26.1 Å². The Morgan fingerprint density at radius 3 is 3.19 bits per heavy atom. The van der Waals surface area contributed by atoms with Gasteiger partial charge in [-0.15, -0.1) is 0 Å². The number of carboxylic acid groups (broad SMARTS) is 1. The maximum Gasteiger partial charge on any atom is 0.303 e. The quantitative estimate of drug-likeness (QED) is 0.639. The molecular formula is C10H16N2O4. The number of carbonyl (C=O) groups is 1. The van der Waals surface area contributed by atoms with Crippen molar-refractivity contribution in [2.45, 2.75) is 26.0 Å². The first-order valence-corrected chi connectivity index (χ1v) is 5.08. The van der Waals surface area contributed by atoms with Crippen molar-refractivity contribution in [3.05, 3.63) is 17.5 Å². The van der Waals surface area contributed by atoms with Gasteiger partial charge in [-0.3, -0.25) is 4.79 Å². The SMILES string of the molecule is COCc1cc(CNCCCC(=O)O)no1. The van der Waals surface area contributed by atoms with Gasteiger partial charge in [0.1, 0.15) is 6.61 Å². The summed E-state index contributed by atoms with van der Waals surface area (Å²) in [5.74, 6) is -0.0875. The van der Waals surface area contributed by atoms with Crippen molar-refractivity contribution in [3.63, 3.8) is 0 Å². The van der Waals surface area contributed by atoms with Crippen LogP contribution in [0.15, 0.2) is 10.6 Å². The predicted octanol–water partition coefficient (Wildman–Crippen LogP) is 0.775. The van der Waals surface area contributed by atoms with E-state index in [4.69, 9.17) is 14.4 Å². The Bertz CT molecular complexity index is 324. The van der Waals surface area contributed by atoms with Gasteiger partial charge in [0.2, 0.25) is 0 Å². The number of aliphatic carboxylic acids is 1. The van der Waals surface area contributed by atoms with Crippen LogP contribution < -0.4 is 5.32 Å². The van der Waals surface area contributed by atoms with Crippen LogP contribution in [0.25, 0.3) is 0 Å². The maximum absolute atomic E-state index is 10.2. The summed E-state index contributed by atoms with van der Waals surface area (Å²) in [7, 11) is 1.59. The third-order valence-electron chi connectivity index (χ3n) is 1.94. The molecule has 1 aromatic rings. The molecule has 6 heteroatoms. The second-order valence-electron chi connectivity index (χ2n) is 3.39. The molecule has 0 aliphatic carbocycles. The highest BCUT2D eigenvalue weighted by Gasteiger charge is 2.03. The lowest BCUT2D eigenvalue weighted by molar-refractivity contribution is -0.137. The van der Waals surface area contributed by atoms with Crippen LogP contribution in [0.4, 0.5) is 0 Å². The Balaban J connectivity index is 2.14. The largest absolute Gasteiger partial charge is 0.481 e. The number of methoxy groups -OCH3 is 1. The van der Waals surface area contributed by atoms with Crippen molar-refractivity contribution in [2.24, 2.45) is 0 Å². The molecule has 90 valence electrons. The maximum atomic E-state index is 10.2. The summed E-state index contributed by atoms with van der Waals surface area (Å²) in [4.78, 5) is 10.2. The molecule has 0 saturated heterocycles. The molecular weight excluding hydrogens is 212 g/mol. The molecule has 0 amide bonds. The first-order chi connectivity index (χ1) is 7.72. The minimum atomic E-state index is -0.773. The molecule has 0 aliphatic rings. The number of aromatic nitrogens is 1. The second kappa shape index (κ2) is 6.97. The Labute approximate surface area is 93.6 Å². The van der Waals surface area contributed by atoms with Crippen LogP contribution in [0.3, 0.4) is 0 Å². The van der Waals surface area contributed by atoms with Crippen LogP contribution in [-0.4, -0.2) is 29.9 Å². The Morgan fingerprint density at radius 1 is 1.69 bits per heavy atom. The number of ether oxygens (including phenoxy) is 1. The van der Waals surface area contributed by atoms with E-state index in [2.05, 4.69) is 10.5 Å². The molecule has 16 heavy (non-hydrogen) atoms. The van der Waals surface area contributed by atoms with Gasteiger partial charge < -0.3 is 19.7 Å². The highest BCUT2D eigenvalue weighted by Crippen LogP contribution is 2.04. The molecule has 0 aliphatic heterocycles. The van der Waals surface area contributed by atoms with Crippen LogP contribution >= 0.6 is 0 Å². The third kappa shape index (κ3) is 4.90. The van der Waals surface area contributed by atoms with Crippen LogP contribution in [0.5, 0.6) is 0 Å². The molecule has 2 N–H and O–H groups in total. The van der Waals surface area contributed by atoms with E-state index < -0.39 is 5.97 Å². The number of nitrogens with one attached hydrogen (secondary N) is 1. The van der Waals surface area contributed by atoms with E-state index in [0.29, 0.717) is 31.9 Å². The van der Waals surface area contributed by atoms with Crippen molar-refractivity contribution in [2.75, 3.05) is 13.7 Å². The van der Waals surface area contributed by atoms with Gasteiger partial charge >= 0.3 is 5.97 Å². The first-order valence-electron chi connectivity index (χ1n) is 5.08. The summed E-state index contributed by atoms with van der Waals surface area (Å²) in [6.07, 6.45) is 0.791. The zero-order valence-electron chi connectivity index (χ0n) is 9.23. The molecule has 0 saturated carbocycles. The Kier molecular flexibility index (Phi) is 5.52. The van der Waals surface area contributed by atoms with Gasteiger partial charge in [0.05, 0.1) is 5.69 Å². The fraction of sp³-hybridized carbons (Fsp3) is 0.600. The van der Waals surface area contributed by atoms with Gasteiger partial charge in [-0.25, -0.2) is 0 Å². The lowest BCUT2D eigenvalue weighted by Crippen LogP contribution is -2.15. The fourth-order valence-electron chi connectivity index (χ4n) is 1.23.